The van der Waals surface area contributed by atoms with E-state index < -0.39 is 11.9 Å². The molecule has 36 heavy (non-hydrogen) atoms. The molecule has 0 saturated heterocycles. The van der Waals surface area contributed by atoms with Crippen molar-refractivity contribution < 1.29 is 23.7 Å². The quantitative estimate of drug-likeness (QED) is 0.330. The number of aliphatic hydroxyl groups excluding tert-OH is 1. The van der Waals surface area contributed by atoms with Crippen molar-refractivity contribution in [3.8, 4) is 17.3 Å². The van der Waals surface area contributed by atoms with Crippen LogP contribution in [0, 0.1) is 5.82 Å². The highest BCUT2D eigenvalue weighted by atomic mass is 19.1. The third kappa shape index (κ3) is 7.61. The van der Waals surface area contributed by atoms with Gasteiger partial charge in [-0.1, -0.05) is 44.2 Å². The van der Waals surface area contributed by atoms with Gasteiger partial charge in [-0.05, 0) is 44.0 Å². The Morgan fingerprint density at radius 1 is 1.03 bits per heavy atom. The Bertz CT molecular complexity index is 1070. The molecule has 0 radical (unpaired) electrons. The van der Waals surface area contributed by atoms with E-state index in [1.807, 2.05) is 44.2 Å². The highest BCUT2D eigenvalue weighted by Crippen LogP contribution is 2.35. The van der Waals surface area contributed by atoms with Crippen LogP contribution in [-0.4, -0.2) is 65.4 Å². The van der Waals surface area contributed by atoms with E-state index in [-0.39, 0.29) is 24.4 Å². The number of hydrogen-bond donors (Lipinski definition) is 1. The molecule has 1 aromatic heterocycles. The van der Waals surface area contributed by atoms with Gasteiger partial charge in [0.15, 0.2) is 11.6 Å². The lowest BCUT2D eigenvalue weighted by molar-refractivity contribution is -0.0122. The van der Waals surface area contributed by atoms with E-state index in [0.717, 1.165) is 16.9 Å². The molecule has 0 saturated carbocycles. The average molecular weight is 500 g/mol. The molecule has 196 valence electrons. The van der Waals surface area contributed by atoms with Crippen LogP contribution in [0.4, 0.5) is 4.39 Å². The summed E-state index contributed by atoms with van der Waals surface area (Å²) >= 11 is 0. The second kappa shape index (κ2) is 13.5. The Kier molecular flexibility index (Phi) is 10.4. The van der Waals surface area contributed by atoms with Crippen LogP contribution < -0.4 is 4.74 Å². The predicted molar refractivity (Wildman–Crippen MR) is 138 cm³/mol. The van der Waals surface area contributed by atoms with E-state index in [1.54, 1.807) is 30.0 Å². The smallest absolute Gasteiger partial charge is 0.227 e. The number of ether oxygens (including phenoxy) is 3. The van der Waals surface area contributed by atoms with Gasteiger partial charge in [-0.25, -0.2) is 9.07 Å². The summed E-state index contributed by atoms with van der Waals surface area (Å²) in [6.45, 7) is 10.1. The molecule has 0 aliphatic carbocycles. The van der Waals surface area contributed by atoms with Crippen LogP contribution in [0.25, 0.3) is 5.69 Å². The molecule has 0 aliphatic rings. The molecule has 7 nitrogen and oxygen atoms in total. The first kappa shape index (κ1) is 27.8. The van der Waals surface area contributed by atoms with Crippen LogP contribution in [-0.2, 0) is 16.0 Å². The van der Waals surface area contributed by atoms with Gasteiger partial charge in [-0.15, -0.1) is 0 Å². The van der Waals surface area contributed by atoms with Gasteiger partial charge >= 0.3 is 0 Å². The van der Waals surface area contributed by atoms with Crippen molar-refractivity contribution in [2.75, 3.05) is 33.4 Å². The van der Waals surface area contributed by atoms with Gasteiger partial charge in [0.1, 0.15) is 0 Å². The first-order valence-electron chi connectivity index (χ1n) is 12.4. The summed E-state index contributed by atoms with van der Waals surface area (Å²) in [5, 5.41) is 15.5. The number of halogens is 1. The van der Waals surface area contributed by atoms with Crippen molar-refractivity contribution in [2.45, 2.75) is 52.4 Å². The minimum atomic E-state index is -0.674. The first-order valence-corrected chi connectivity index (χ1v) is 12.4. The van der Waals surface area contributed by atoms with Gasteiger partial charge in [0, 0.05) is 26.7 Å². The lowest BCUT2D eigenvalue weighted by atomic mass is 10.1. The maximum atomic E-state index is 14.6. The van der Waals surface area contributed by atoms with Gasteiger partial charge in [0.25, 0.3) is 0 Å². The second-order valence-electron chi connectivity index (χ2n) is 9.37. The number of rotatable bonds is 14. The lowest BCUT2D eigenvalue weighted by Gasteiger charge is -2.26. The topological polar surface area (TPSA) is 69.0 Å². The Morgan fingerprint density at radius 3 is 2.36 bits per heavy atom. The molecule has 0 fully saturated rings. The molecule has 1 heterocycles. The highest BCUT2D eigenvalue weighted by molar-refractivity contribution is 5.44. The Labute approximate surface area is 213 Å². The van der Waals surface area contributed by atoms with Crippen molar-refractivity contribution in [1.29, 1.82) is 0 Å². The van der Waals surface area contributed by atoms with Crippen LogP contribution in [0.1, 0.15) is 44.9 Å². The van der Waals surface area contributed by atoms with Crippen molar-refractivity contribution >= 4 is 0 Å². The molecule has 8 heteroatoms. The molecule has 3 rings (SSSR count). The predicted octanol–water partition coefficient (Wildman–Crippen LogP) is 5.16. The third-order valence-electron chi connectivity index (χ3n) is 5.64. The van der Waals surface area contributed by atoms with E-state index >= 15 is 0 Å². The fraction of sp³-hybridized carbons (Fsp3) is 0.464. The van der Waals surface area contributed by atoms with Crippen molar-refractivity contribution in [2.24, 2.45) is 0 Å². The van der Waals surface area contributed by atoms with Crippen molar-refractivity contribution in [1.82, 2.24) is 14.7 Å². The van der Waals surface area contributed by atoms with Gasteiger partial charge in [-0.2, -0.15) is 5.10 Å². The number of hydrogen-bond acceptors (Lipinski definition) is 6. The Morgan fingerprint density at radius 2 is 1.72 bits per heavy atom. The molecule has 1 atom stereocenters. The molecule has 3 aromatic rings. The fourth-order valence-electron chi connectivity index (χ4n) is 3.88. The summed E-state index contributed by atoms with van der Waals surface area (Å²) in [6, 6.07) is 16.0. The fourth-order valence-corrected chi connectivity index (χ4v) is 3.88. The normalized spacial score (nSPS) is 12.6. The number of methoxy groups -OCH3 is 1. The van der Waals surface area contributed by atoms with E-state index in [4.69, 9.17) is 19.3 Å². The van der Waals surface area contributed by atoms with Crippen molar-refractivity contribution in [3.63, 3.8) is 0 Å². The SMILES string of the molecule is COCCN(Cc1c(C(C)C)nn(-c2ccccc2)c1Oc1ccccc1F)C[C@@H](O)COC(C)C. The molecule has 1 N–H and O–H groups in total. The first-order chi connectivity index (χ1) is 17.3. The zero-order valence-electron chi connectivity index (χ0n) is 21.9. The van der Waals surface area contributed by atoms with Crippen molar-refractivity contribution in [3.05, 3.63) is 71.7 Å². The van der Waals surface area contributed by atoms with E-state index in [1.165, 1.54) is 6.07 Å². The molecule has 0 unspecified atom stereocenters. The number of para-hydroxylation sites is 2. The Balaban J connectivity index is 2.03. The number of benzene rings is 2. The minimum Gasteiger partial charge on any atom is -0.435 e. The van der Waals surface area contributed by atoms with E-state index in [9.17, 15) is 9.50 Å². The number of aromatic nitrogens is 2. The molecular formula is C28H38FN3O4. The largest absolute Gasteiger partial charge is 0.435 e. The van der Waals surface area contributed by atoms with Gasteiger partial charge in [0.2, 0.25) is 5.88 Å². The zero-order chi connectivity index (χ0) is 26.1. The molecule has 0 aliphatic heterocycles. The van der Waals surface area contributed by atoms with Crippen LogP contribution in [0.5, 0.6) is 11.6 Å². The molecular weight excluding hydrogens is 461 g/mol. The summed E-state index contributed by atoms with van der Waals surface area (Å²) < 4.78 is 33.5. The number of aliphatic hydroxyl groups is 1. The van der Waals surface area contributed by atoms with E-state index in [2.05, 4.69) is 18.7 Å². The lowest BCUT2D eigenvalue weighted by Crippen LogP contribution is -2.37. The summed E-state index contributed by atoms with van der Waals surface area (Å²) in [7, 11) is 1.65. The standard InChI is InChI=1S/C28H38FN3O4/c1-20(2)27-24(18-31(15-16-34-5)17-23(33)19-35-21(3)4)28(36-26-14-10-9-13-25(26)29)32(30-27)22-11-7-6-8-12-22/h6-14,20-21,23,33H,15-19H2,1-5H3/t23-/m1/s1. The maximum Gasteiger partial charge on any atom is 0.227 e. The minimum absolute atomic E-state index is 0.0319. The third-order valence-corrected chi connectivity index (χ3v) is 5.64. The highest BCUT2D eigenvalue weighted by Gasteiger charge is 2.26. The second-order valence-corrected chi connectivity index (χ2v) is 9.37. The number of nitrogens with zero attached hydrogens (tertiary/aromatic N) is 3. The summed E-state index contributed by atoms with van der Waals surface area (Å²) in [4.78, 5) is 2.09. The van der Waals surface area contributed by atoms with Crippen LogP contribution >= 0.6 is 0 Å². The molecule has 0 amide bonds. The van der Waals surface area contributed by atoms with Gasteiger partial charge in [-0.3, -0.25) is 4.90 Å². The maximum absolute atomic E-state index is 14.6. The average Bonchev–Trinajstić information content (AvgIpc) is 3.21. The van der Waals surface area contributed by atoms with Gasteiger partial charge in [0.05, 0.1) is 42.4 Å². The van der Waals surface area contributed by atoms with Crippen LogP contribution in [0.15, 0.2) is 54.6 Å². The van der Waals surface area contributed by atoms with Crippen LogP contribution in [0.2, 0.25) is 0 Å². The Hall–Kier alpha value is -2.78. The monoisotopic (exact) mass is 499 g/mol. The van der Waals surface area contributed by atoms with Crippen LogP contribution in [0.3, 0.4) is 0 Å². The molecule has 0 spiro atoms. The summed E-state index contributed by atoms with van der Waals surface area (Å²) in [6.07, 6.45) is -0.642. The molecule has 2 aromatic carbocycles. The van der Waals surface area contributed by atoms with E-state index in [0.29, 0.717) is 32.1 Å². The summed E-state index contributed by atoms with van der Waals surface area (Å²) in [5.41, 5.74) is 2.50. The van der Waals surface area contributed by atoms with Gasteiger partial charge < -0.3 is 19.3 Å². The zero-order valence-corrected chi connectivity index (χ0v) is 21.9. The molecule has 0 bridgehead atoms. The summed E-state index contributed by atoms with van der Waals surface area (Å²) in [5.74, 6) is 0.213.